The van der Waals surface area contributed by atoms with Crippen molar-refractivity contribution in [3.8, 4) is 0 Å². The Morgan fingerprint density at radius 2 is 1.63 bits per heavy atom. The van der Waals surface area contributed by atoms with E-state index in [2.05, 4.69) is 42.2 Å². The van der Waals surface area contributed by atoms with Gasteiger partial charge in [-0.2, -0.15) is 8.42 Å². The molecule has 0 radical (unpaired) electrons. The number of aliphatic hydroxyl groups is 1. The van der Waals surface area contributed by atoms with Crippen LogP contribution in [0.4, 0.5) is 4.79 Å². The summed E-state index contributed by atoms with van der Waals surface area (Å²) in [6.45, 7) is -1.36. The SMILES string of the molecule is NCCCC(N)CC(=O)NCC1NC(=O)C(CO)NC(=O)C(N)CNC(=O)C(C2CCN=C(N)N2)NC(=O)/C(=C\NC(N)=O)NC1=O.O=S(=O)(O)O. The molecule has 0 saturated carbocycles. The Labute approximate surface area is 296 Å². The predicted molar refractivity (Wildman–Crippen MR) is 179 cm³/mol. The smallest absolute Gasteiger partial charge is 0.394 e. The number of carbonyl (C=O) groups is 7. The number of urea groups is 1. The molecule has 0 aromatic rings. The summed E-state index contributed by atoms with van der Waals surface area (Å²) in [4.78, 5) is 93.9. The molecule has 294 valence electrons. The summed E-state index contributed by atoms with van der Waals surface area (Å²) in [5.74, 6) is -5.62. The summed E-state index contributed by atoms with van der Waals surface area (Å²) < 4.78 is 31.6. The first-order valence-corrected chi connectivity index (χ1v) is 16.8. The van der Waals surface area contributed by atoms with Crippen molar-refractivity contribution in [2.24, 2.45) is 33.7 Å². The fraction of sp³-hybridized carbons (Fsp3) is 0.600. The molecule has 1 fully saturated rings. The van der Waals surface area contributed by atoms with Gasteiger partial charge in [-0.15, -0.1) is 0 Å². The zero-order valence-electron chi connectivity index (χ0n) is 27.7. The van der Waals surface area contributed by atoms with E-state index in [1.54, 1.807) is 0 Å². The molecular weight excluding hydrogens is 720 g/mol. The number of hydrogen-bond donors (Lipinski definition) is 16. The molecule has 27 heteroatoms. The van der Waals surface area contributed by atoms with Gasteiger partial charge >= 0.3 is 16.4 Å². The van der Waals surface area contributed by atoms with Gasteiger partial charge in [0.2, 0.25) is 29.5 Å². The minimum absolute atomic E-state index is 0.0120. The highest BCUT2D eigenvalue weighted by Crippen LogP contribution is 2.07. The largest absolute Gasteiger partial charge is 0.394 e. The summed E-state index contributed by atoms with van der Waals surface area (Å²) in [5, 5.41) is 28.7. The fourth-order valence-electron chi connectivity index (χ4n) is 4.35. The van der Waals surface area contributed by atoms with E-state index in [0.29, 0.717) is 19.4 Å². The lowest BCUT2D eigenvalue weighted by Gasteiger charge is -2.31. The van der Waals surface area contributed by atoms with E-state index >= 15 is 0 Å². The van der Waals surface area contributed by atoms with E-state index in [1.165, 1.54) is 0 Å². The van der Waals surface area contributed by atoms with Crippen LogP contribution in [-0.4, -0.2) is 139 Å². The van der Waals surface area contributed by atoms with Crippen molar-refractivity contribution < 1.29 is 56.2 Å². The average molecular weight is 767 g/mol. The second-order valence-corrected chi connectivity index (χ2v) is 12.0. The summed E-state index contributed by atoms with van der Waals surface area (Å²) in [7, 11) is -4.67. The van der Waals surface area contributed by atoms with E-state index < -0.39 is 114 Å². The van der Waals surface area contributed by atoms with Crippen molar-refractivity contribution in [2.45, 2.75) is 61.9 Å². The van der Waals surface area contributed by atoms with Crippen LogP contribution in [0.5, 0.6) is 0 Å². The zero-order chi connectivity index (χ0) is 39.6. The van der Waals surface area contributed by atoms with Gasteiger partial charge in [0.05, 0.1) is 12.6 Å². The minimum atomic E-state index is -4.67. The molecule has 2 heterocycles. The van der Waals surface area contributed by atoms with Crippen molar-refractivity contribution in [1.29, 1.82) is 0 Å². The van der Waals surface area contributed by atoms with Crippen LogP contribution < -0.4 is 71.2 Å². The lowest BCUT2D eigenvalue weighted by atomic mass is 10.0. The number of hydrogen-bond acceptors (Lipinski definition) is 16. The van der Waals surface area contributed by atoms with Crippen LogP contribution in [0.1, 0.15) is 25.7 Å². The Morgan fingerprint density at radius 1 is 1.00 bits per heavy atom. The third-order valence-electron chi connectivity index (χ3n) is 6.90. The molecule has 26 nitrogen and oxygen atoms in total. The second-order valence-electron chi connectivity index (χ2n) is 11.1. The molecule has 1 saturated heterocycles. The number of rotatable bonds is 10. The highest BCUT2D eigenvalue weighted by Gasteiger charge is 2.35. The van der Waals surface area contributed by atoms with Crippen LogP contribution in [0.15, 0.2) is 16.9 Å². The molecule has 2 rings (SSSR count). The maximum absolute atomic E-state index is 13.5. The number of amides is 8. The van der Waals surface area contributed by atoms with Crippen molar-refractivity contribution in [2.75, 3.05) is 32.8 Å². The molecule has 52 heavy (non-hydrogen) atoms. The minimum Gasteiger partial charge on any atom is -0.394 e. The summed E-state index contributed by atoms with van der Waals surface area (Å²) in [6, 6.07) is -8.54. The van der Waals surface area contributed by atoms with E-state index in [9.17, 15) is 38.7 Å². The van der Waals surface area contributed by atoms with Gasteiger partial charge in [0.15, 0.2) is 5.96 Å². The second kappa shape index (κ2) is 21.9. The molecule has 0 aromatic heterocycles. The van der Waals surface area contributed by atoms with Gasteiger partial charge in [0.25, 0.3) is 5.91 Å². The molecule has 2 aliphatic heterocycles. The maximum Gasteiger partial charge on any atom is 0.394 e. The molecule has 0 aliphatic carbocycles. The first-order chi connectivity index (χ1) is 24.2. The normalized spacial score (nSPS) is 24.9. The molecule has 21 N–H and O–H groups in total. The standard InChI is InChI=1S/C25H44N14O8.H2O4S/c26-4-1-2-11(27)6-17(41)32-8-14-20(43)35-15(9-34-25(30)47)21(44)39-18(13-3-5-31-24(29)38-13)23(46)33-7-12(28)19(42)37-16(10-40)22(45)36-14;1-5(2,3)4/h9,11-14,16,18,40H,1-8,10,26-28H2,(H,32,41)(H,33,46)(H,35,43)(H,36,45)(H,37,42)(H,39,44)(H3,29,31,38)(H3,30,34,47);(H2,1,2,3,4)/b15-9+;. The van der Waals surface area contributed by atoms with Crippen molar-refractivity contribution in [3.63, 3.8) is 0 Å². The van der Waals surface area contributed by atoms with Gasteiger partial charge in [-0.3, -0.25) is 42.9 Å². The van der Waals surface area contributed by atoms with Gasteiger partial charge in [-0.05, 0) is 25.8 Å². The third kappa shape index (κ3) is 17.6. The van der Waals surface area contributed by atoms with Gasteiger partial charge in [0.1, 0.15) is 29.9 Å². The molecule has 6 unspecified atom stereocenters. The number of aliphatic imine (C=N–C) groups is 1. The first-order valence-electron chi connectivity index (χ1n) is 15.4. The Hall–Kier alpha value is -5.19. The van der Waals surface area contributed by atoms with Gasteiger partial charge < -0.3 is 76.3 Å². The fourth-order valence-corrected chi connectivity index (χ4v) is 4.35. The van der Waals surface area contributed by atoms with Gasteiger partial charge in [-0.1, -0.05) is 0 Å². The topological polar surface area (TPSA) is 453 Å². The monoisotopic (exact) mass is 766 g/mol. The van der Waals surface area contributed by atoms with E-state index in [0.717, 1.165) is 6.20 Å². The summed E-state index contributed by atoms with van der Waals surface area (Å²) in [5.41, 5.74) is 27.6. The molecular formula is C25H46N14O12S. The molecule has 0 bridgehead atoms. The lowest BCUT2D eigenvalue weighted by molar-refractivity contribution is -0.134. The average Bonchev–Trinajstić information content (AvgIpc) is 3.05. The van der Waals surface area contributed by atoms with Crippen LogP contribution in [0.2, 0.25) is 0 Å². The number of nitrogens with zero attached hydrogens (tertiary/aromatic N) is 1. The van der Waals surface area contributed by atoms with Crippen LogP contribution in [-0.2, 0) is 39.2 Å². The highest BCUT2D eigenvalue weighted by molar-refractivity contribution is 7.79. The van der Waals surface area contributed by atoms with Gasteiger partial charge in [-0.25, -0.2) is 4.79 Å². The van der Waals surface area contributed by atoms with Crippen LogP contribution >= 0.6 is 0 Å². The summed E-state index contributed by atoms with van der Waals surface area (Å²) >= 11 is 0. The number of guanidine groups is 1. The van der Waals surface area contributed by atoms with Crippen LogP contribution in [0, 0.1) is 0 Å². The van der Waals surface area contributed by atoms with E-state index in [4.69, 9.17) is 46.2 Å². The van der Waals surface area contributed by atoms with E-state index in [-0.39, 0.29) is 25.3 Å². The Morgan fingerprint density at radius 3 is 2.21 bits per heavy atom. The van der Waals surface area contributed by atoms with Crippen molar-refractivity contribution in [3.05, 3.63) is 11.9 Å². The quantitative estimate of drug-likeness (QED) is 0.0725. The highest BCUT2D eigenvalue weighted by atomic mass is 32.3. The number of primary amides is 1. The van der Waals surface area contributed by atoms with Crippen molar-refractivity contribution >= 4 is 57.8 Å². The molecule has 6 atom stereocenters. The Balaban J connectivity index is 0.00000252. The maximum atomic E-state index is 13.5. The lowest BCUT2D eigenvalue weighted by Crippen LogP contribution is -2.64. The first kappa shape index (κ1) is 44.8. The van der Waals surface area contributed by atoms with Crippen LogP contribution in [0.25, 0.3) is 0 Å². The molecule has 0 aromatic carbocycles. The number of nitrogens with two attached hydrogens (primary N) is 5. The van der Waals surface area contributed by atoms with Crippen LogP contribution in [0.3, 0.4) is 0 Å². The molecule has 8 amide bonds. The summed E-state index contributed by atoms with van der Waals surface area (Å²) in [6.07, 6.45) is 1.86. The predicted octanol–water partition coefficient (Wildman–Crippen LogP) is -8.89. The molecule has 2 aliphatic rings. The molecule has 0 spiro atoms. The number of aliphatic hydroxyl groups excluding tert-OH is 1. The van der Waals surface area contributed by atoms with Gasteiger partial charge in [0, 0.05) is 38.3 Å². The number of nitrogens with one attached hydrogen (secondary N) is 8. The third-order valence-corrected chi connectivity index (χ3v) is 6.90. The van der Waals surface area contributed by atoms with Crippen molar-refractivity contribution in [1.82, 2.24) is 42.5 Å². The number of carbonyl (C=O) groups excluding carboxylic acids is 7. The Kier molecular flexibility index (Phi) is 18.9. The zero-order valence-corrected chi connectivity index (χ0v) is 28.5. The Bertz CT molecular complexity index is 1470. The van der Waals surface area contributed by atoms with E-state index in [1.807, 2.05) is 5.32 Å².